The second-order valence-electron chi connectivity index (χ2n) is 2.29. The molecule has 0 radical (unpaired) electrons. The van der Waals surface area contributed by atoms with Gasteiger partial charge in [0.05, 0.1) is 12.7 Å². The number of nitrogens with one attached hydrogen (secondary N) is 3. The molecular formula is C6H10N4. The van der Waals surface area contributed by atoms with Crippen LogP contribution in [-0.2, 0) is 0 Å². The van der Waals surface area contributed by atoms with Crippen LogP contribution in [0.2, 0.25) is 1.41 Å². The maximum Gasteiger partial charge on any atom is 0.160 e. The molecule has 1 fully saturated rings. The van der Waals surface area contributed by atoms with Crippen LogP contribution in [0.3, 0.4) is 0 Å². The molecule has 1 saturated heterocycles. The standard InChI is InChI=1S/C6H10N4/c1-2-9-6-5(8-1)3-7-4-10-6/h1-2,5,7-8H,3-4H2,(H,9,10)/i/hD. The Morgan fingerprint density at radius 1 is 1.80 bits per heavy atom. The minimum atomic E-state index is 0.0637. The smallest absolute Gasteiger partial charge is 0.160 e. The summed E-state index contributed by atoms with van der Waals surface area (Å²) in [6, 6.07) is 0.0637. The highest BCUT2D eigenvalue weighted by atomic mass is 15.2. The maximum absolute atomic E-state index is 7.48. The fourth-order valence-electron chi connectivity index (χ4n) is 1.09. The van der Waals surface area contributed by atoms with Gasteiger partial charge >= 0.3 is 0 Å². The lowest BCUT2D eigenvalue weighted by molar-refractivity contribution is 0.540. The van der Waals surface area contributed by atoms with Gasteiger partial charge in [-0.3, -0.25) is 5.32 Å². The Morgan fingerprint density at radius 3 is 3.70 bits per heavy atom. The zero-order valence-electron chi connectivity index (χ0n) is 6.54. The van der Waals surface area contributed by atoms with E-state index in [1.807, 2.05) is 0 Å². The molecule has 0 aliphatic carbocycles. The highest BCUT2D eigenvalue weighted by Gasteiger charge is 2.18. The number of amidine groups is 1. The van der Waals surface area contributed by atoms with Crippen LogP contribution in [0.15, 0.2) is 17.4 Å². The van der Waals surface area contributed by atoms with Crippen LogP contribution >= 0.6 is 0 Å². The average molecular weight is 139 g/mol. The Bertz CT molecular complexity index is 213. The van der Waals surface area contributed by atoms with Crippen LogP contribution < -0.4 is 15.9 Å². The van der Waals surface area contributed by atoms with E-state index in [1.165, 1.54) is 5.31 Å². The summed E-state index contributed by atoms with van der Waals surface area (Å²) in [6.45, 7) is 1.54. The molecule has 2 rings (SSSR count). The average Bonchev–Trinajstić information content (AvgIpc) is 2.06. The minimum Gasteiger partial charge on any atom is -0.379 e. The van der Waals surface area contributed by atoms with Gasteiger partial charge in [-0.25, -0.2) is 4.99 Å². The van der Waals surface area contributed by atoms with Gasteiger partial charge in [0.2, 0.25) is 0 Å². The van der Waals surface area contributed by atoms with Gasteiger partial charge in [-0.2, -0.15) is 0 Å². The summed E-state index contributed by atoms with van der Waals surface area (Å²) >= 11 is 0. The number of hydrogen-bond donors (Lipinski definition) is 3. The quantitative estimate of drug-likeness (QED) is 0.402. The Morgan fingerprint density at radius 2 is 2.80 bits per heavy atom. The minimum absolute atomic E-state index is 0.0637. The van der Waals surface area contributed by atoms with Crippen molar-refractivity contribution in [3.8, 4) is 0 Å². The third-order valence-electron chi connectivity index (χ3n) is 1.59. The van der Waals surface area contributed by atoms with Gasteiger partial charge in [-0.1, -0.05) is 0 Å². The Labute approximate surface area is 60.9 Å². The molecular weight excluding hydrogens is 128 g/mol. The summed E-state index contributed by atoms with van der Waals surface area (Å²) < 4.78 is 7.48. The van der Waals surface area contributed by atoms with Gasteiger partial charge in [0, 0.05) is 18.9 Å². The molecule has 0 aromatic heterocycles. The Hall–Kier alpha value is -1.03. The molecule has 0 amide bonds. The highest BCUT2D eigenvalue weighted by Crippen LogP contribution is 1.95. The van der Waals surface area contributed by atoms with Crippen LogP contribution in [0.25, 0.3) is 0 Å². The number of aliphatic imine (C=N–C) groups is 1. The summed E-state index contributed by atoms with van der Waals surface area (Å²) in [5.41, 5.74) is 0. The van der Waals surface area contributed by atoms with Crippen molar-refractivity contribution in [3.63, 3.8) is 0 Å². The van der Waals surface area contributed by atoms with Crippen LogP contribution in [0.1, 0.15) is 0 Å². The van der Waals surface area contributed by atoms with Gasteiger partial charge in [0.1, 0.15) is 5.84 Å². The van der Waals surface area contributed by atoms with Crippen LogP contribution in [0, 0.1) is 0 Å². The molecule has 1 unspecified atom stereocenters. The van der Waals surface area contributed by atoms with E-state index in [0.29, 0.717) is 0 Å². The van der Waals surface area contributed by atoms with Gasteiger partial charge in [-0.15, -0.1) is 0 Å². The lowest BCUT2D eigenvalue weighted by Gasteiger charge is -2.28. The zero-order valence-corrected chi connectivity index (χ0v) is 5.54. The number of hydrogen-bond acceptors (Lipinski definition) is 4. The van der Waals surface area contributed by atoms with E-state index in [2.05, 4.69) is 15.6 Å². The van der Waals surface area contributed by atoms with Gasteiger partial charge in [0.15, 0.2) is 1.41 Å². The normalized spacial score (nSPS) is 32.0. The van der Waals surface area contributed by atoms with E-state index >= 15 is 0 Å². The van der Waals surface area contributed by atoms with Gasteiger partial charge < -0.3 is 10.6 Å². The first-order valence-corrected chi connectivity index (χ1v) is 3.34. The summed E-state index contributed by atoms with van der Waals surface area (Å²) in [7, 11) is 0. The van der Waals surface area contributed by atoms with Crippen molar-refractivity contribution in [2.24, 2.45) is 4.99 Å². The van der Waals surface area contributed by atoms with Crippen molar-refractivity contribution in [1.29, 1.82) is 0 Å². The highest BCUT2D eigenvalue weighted by molar-refractivity contribution is 5.89. The monoisotopic (exact) mass is 139 g/mol. The summed E-state index contributed by atoms with van der Waals surface area (Å²) in [6.07, 6.45) is 3.29. The van der Waals surface area contributed by atoms with Crippen molar-refractivity contribution in [2.75, 3.05) is 13.2 Å². The van der Waals surface area contributed by atoms with E-state index in [0.717, 1.165) is 19.0 Å². The van der Waals surface area contributed by atoms with Crippen molar-refractivity contribution in [3.05, 3.63) is 12.4 Å². The molecule has 0 spiro atoms. The first-order valence-electron chi connectivity index (χ1n) is 3.79. The number of fused-ring (bicyclic) bond motifs is 1. The van der Waals surface area contributed by atoms with Gasteiger partial charge in [-0.05, 0) is 0 Å². The molecule has 54 valence electrons. The van der Waals surface area contributed by atoms with E-state index in [4.69, 9.17) is 1.41 Å². The van der Waals surface area contributed by atoms with Gasteiger partial charge in [0.25, 0.3) is 0 Å². The third-order valence-corrected chi connectivity index (χ3v) is 1.59. The van der Waals surface area contributed by atoms with Crippen molar-refractivity contribution < 1.29 is 1.41 Å². The lowest BCUT2D eigenvalue weighted by Crippen LogP contribution is -2.57. The molecule has 2 heterocycles. The van der Waals surface area contributed by atoms with Crippen molar-refractivity contribution >= 4 is 5.84 Å². The summed E-state index contributed by atoms with van der Waals surface area (Å²) in [5.74, 6) is 0.890. The predicted octanol–water partition coefficient (Wildman–Crippen LogP) is -1.02. The fraction of sp³-hybridized carbons (Fsp3) is 0.500. The fourth-order valence-corrected chi connectivity index (χ4v) is 1.09. The van der Waals surface area contributed by atoms with Crippen molar-refractivity contribution in [2.45, 2.75) is 6.04 Å². The van der Waals surface area contributed by atoms with E-state index < -0.39 is 0 Å². The number of nitrogens with zero attached hydrogens (tertiary/aromatic N) is 1. The maximum atomic E-state index is 7.48. The number of rotatable bonds is 0. The SMILES string of the molecule is [2H]N1C=CN=C2NCNCC21. The van der Waals surface area contributed by atoms with Crippen molar-refractivity contribution in [1.82, 2.24) is 15.9 Å². The molecule has 0 aromatic rings. The molecule has 0 saturated carbocycles. The molecule has 4 nitrogen and oxygen atoms in total. The Balaban J connectivity index is 2.18. The lowest BCUT2D eigenvalue weighted by atomic mass is 10.2. The van der Waals surface area contributed by atoms with E-state index in [-0.39, 0.29) is 6.04 Å². The topological polar surface area (TPSA) is 48.5 Å². The summed E-state index contributed by atoms with van der Waals surface area (Å²) in [5, 5.41) is 7.61. The first-order chi connectivity index (χ1) is 5.38. The molecule has 2 aliphatic heterocycles. The molecule has 1 atom stereocenters. The molecule has 4 heteroatoms. The van der Waals surface area contributed by atoms with E-state index in [1.54, 1.807) is 12.4 Å². The van der Waals surface area contributed by atoms with E-state index in [9.17, 15) is 0 Å². The first kappa shape index (κ1) is 4.73. The largest absolute Gasteiger partial charge is 0.379 e. The summed E-state index contributed by atoms with van der Waals surface area (Å²) in [4.78, 5) is 4.13. The second kappa shape index (κ2) is 2.30. The van der Waals surface area contributed by atoms with Crippen LogP contribution in [0.4, 0.5) is 0 Å². The second-order valence-corrected chi connectivity index (χ2v) is 2.29. The molecule has 0 aromatic carbocycles. The van der Waals surface area contributed by atoms with Crippen LogP contribution in [-0.4, -0.2) is 25.1 Å². The Kier molecular flexibility index (Phi) is 1.09. The molecule has 2 aliphatic rings. The third kappa shape index (κ3) is 0.863. The predicted molar refractivity (Wildman–Crippen MR) is 39.5 cm³/mol. The van der Waals surface area contributed by atoms with Crippen LogP contribution in [0.5, 0.6) is 0 Å². The molecule has 0 bridgehead atoms. The molecule has 10 heavy (non-hydrogen) atoms. The zero-order chi connectivity index (χ0) is 7.68. The molecule has 3 N–H and O–H groups in total.